The van der Waals surface area contributed by atoms with Gasteiger partial charge in [0.25, 0.3) is 0 Å². The second-order valence-corrected chi connectivity index (χ2v) is 7.30. The molecule has 3 N–H and O–H groups in total. The fourth-order valence-corrected chi connectivity index (χ4v) is 3.50. The highest BCUT2D eigenvalue weighted by Gasteiger charge is 2.09. The maximum absolute atomic E-state index is 9.79. The molecule has 0 amide bonds. The van der Waals surface area contributed by atoms with E-state index in [0.29, 0.717) is 5.95 Å². The van der Waals surface area contributed by atoms with E-state index in [1.807, 2.05) is 54.6 Å². The van der Waals surface area contributed by atoms with Crippen LogP contribution >= 0.6 is 11.3 Å². The van der Waals surface area contributed by atoms with Gasteiger partial charge in [-0.25, -0.2) is 4.98 Å². The first-order valence-corrected chi connectivity index (χ1v) is 9.65. The number of anilines is 3. The molecule has 4 rings (SSSR count). The molecule has 1 unspecified atom stereocenters. The van der Waals surface area contributed by atoms with Crippen LogP contribution in [0.3, 0.4) is 0 Å². The summed E-state index contributed by atoms with van der Waals surface area (Å²) in [5.74, 6) is 1.31. The Balaban J connectivity index is 1.65. The summed E-state index contributed by atoms with van der Waals surface area (Å²) in [5.41, 5.74) is 2.56. The molecular formula is C21H20N4OS. The summed E-state index contributed by atoms with van der Waals surface area (Å²) in [4.78, 5) is 10.6. The summed E-state index contributed by atoms with van der Waals surface area (Å²) >= 11 is 1.71. The maximum atomic E-state index is 9.79. The molecule has 2 aromatic carbocycles. The highest BCUT2D eigenvalue weighted by molar-refractivity contribution is 7.09. The largest absolute Gasteiger partial charge is 0.389 e. The minimum absolute atomic E-state index is 0.519. The number of nitrogens with one attached hydrogen (secondary N) is 2. The fraction of sp³-hybridized carbons (Fsp3) is 0.143. The third-order valence-electron chi connectivity index (χ3n) is 4.24. The van der Waals surface area contributed by atoms with Gasteiger partial charge in [0.05, 0.1) is 18.2 Å². The van der Waals surface area contributed by atoms with E-state index < -0.39 is 6.10 Å². The molecule has 1 atom stereocenters. The molecule has 0 aliphatic heterocycles. The quantitative estimate of drug-likeness (QED) is 0.437. The van der Waals surface area contributed by atoms with E-state index in [0.717, 1.165) is 34.5 Å². The van der Waals surface area contributed by atoms with Crippen LogP contribution in [0.15, 0.2) is 66.0 Å². The summed E-state index contributed by atoms with van der Waals surface area (Å²) in [6.07, 6.45) is -0.521. The van der Waals surface area contributed by atoms with E-state index in [4.69, 9.17) is 0 Å². The molecule has 0 saturated heterocycles. The smallest absolute Gasteiger partial charge is 0.229 e. The van der Waals surface area contributed by atoms with Crippen LogP contribution in [-0.2, 0) is 6.54 Å². The lowest BCUT2D eigenvalue weighted by Gasteiger charge is -2.12. The number of fused-ring (bicyclic) bond motifs is 1. The lowest BCUT2D eigenvalue weighted by molar-refractivity contribution is 0.199. The second-order valence-electron chi connectivity index (χ2n) is 6.27. The monoisotopic (exact) mass is 376 g/mol. The van der Waals surface area contributed by atoms with Crippen LogP contribution in [0.5, 0.6) is 0 Å². The average molecular weight is 376 g/mol. The Kier molecular flexibility index (Phi) is 5.00. The topological polar surface area (TPSA) is 70.1 Å². The summed E-state index contributed by atoms with van der Waals surface area (Å²) < 4.78 is 0. The number of aromatic nitrogens is 2. The lowest BCUT2D eigenvalue weighted by atomic mass is 10.1. The van der Waals surface area contributed by atoms with Crippen LogP contribution in [0.1, 0.15) is 23.5 Å². The van der Waals surface area contributed by atoms with Crippen molar-refractivity contribution in [2.24, 2.45) is 0 Å². The number of hydrogen-bond acceptors (Lipinski definition) is 6. The fourth-order valence-electron chi connectivity index (χ4n) is 2.86. The lowest BCUT2D eigenvalue weighted by Crippen LogP contribution is -2.05. The molecule has 0 bridgehead atoms. The van der Waals surface area contributed by atoms with E-state index in [1.54, 1.807) is 18.3 Å². The average Bonchev–Trinajstić information content (AvgIpc) is 3.20. The number of aliphatic hydroxyl groups excluding tert-OH is 1. The Labute approximate surface area is 161 Å². The van der Waals surface area contributed by atoms with E-state index in [1.165, 1.54) is 4.88 Å². The third-order valence-corrected chi connectivity index (χ3v) is 5.11. The Morgan fingerprint density at radius 1 is 1.04 bits per heavy atom. The van der Waals surface area contributed by atoms with Crippen LogP contribution in [0.25, 0.3) is 10.9 Å². The molecule has 136 valence electrons. The van der Waals surface area contributed by atoms with Gasteiger partial charge in [-0.05, 0) is 48.2 Å². The van der Waals surface area contributed by atoms with Crippen LogP contribution in [-0.4, -0.2) is 15.1 Å². The first kappa shape index (κ1) is 17.5. The minimum atomic E-state index is -0.521. The van der Waals surface area contributed by atoms with Crippen molar-refractivity contribution in [2.75, 3.05) is 10.6 Å². The highest BCUT2D eigenvalue weighted by Crippen LogP contribution is 2.25. The van der Waals surface area contributed by atoms with Crippen molar-refractivity contribution in [3.63, 3.8) is 0 Å². The van der Waals surface area contributed by atoms with E-state index in [-0.39, 0.29) is 0 Å². The molecule has 0 spiro atoms. The van der Waals surface area contributed by atoms with Crippen LogP contribution in [0, 0.1) is 0 Å². The van der Waals surface area contributed by atoms with Crippen LogP contribution in [0.2, 0.25) is 0 Å². The van der Waals surface area contributed by atoms with Gasteiger partial charge in [0.2, 0.25) is 5.95 Å². The molecule has 0 aliphatic rings. The number of hydrogen-bond donors (Lipinski definition) is 3. The number of nitrogens with zero attached hydrogens (tertiary/aromatic N) is 2. The van der Waals surface area contributed by atoms with Crippen molar-refractivity contribution in [3.05, 3.63) is 76.5 Å². The molecule has 27 heavy (non-hydrogen) atoms. The van der Waals surface area contributed by atoms with Crippen molar-refractivity contribution < 1.29 is 5.11 Å². The van der Waals surface area contributed by atoms with E-state index >= 15 is 0 Å². The van der Waals surface area contributed by atoms with Gasteiger partial charge in [-0.2, -0.15) is 4.98 Å². The standard InChI is InChI=1S/C21H20N4OS/c1-14(26)15-6-4-7-16(12-15)23-21-24-19-10-3-2-9-18(19)20(25-21)22-13-17-8-5-11-27-17/h2-12,14,26H,13H2,1H3,(H2,22,23,24,25). The number of benzene rings is 2. The van der Waals surface area contributed by atoms with Crippen molar-refractivity contribution >= 4 is 39.7 Å². The molecule has 0 fully saturated rings. The molecule has 2 aromatic heterocycles. The number of para-hydroxylation sites is 1. The Morgan fingerprint density at radius 3 is 2.74 bits per heavy atom. The van der Waals surface area contributed by atoms with Gasteiger partial charge in [0.15, 0.2) is 0 Å². The van der Waals surface area contributed by atoms with Gasteiger partial charge in [0.1, 0.15) is 5.82 Å². The molecule has 2 heterocycles. The van der Waals surface area contributed by atoms with Crippen molar-refractivity contribution in [1.82, 2.24) is 9.97 Å². The zero-order chi connectivity index (χ0) is 18.6. The molecule has 5 nitrogen and oxygen atoms in total. The van der Waals surface area contributed by atoms with Gasteiger partial charge in [-0.3, -0.25) is 0 Å². The third kappa shape index (κ3) is 4.07. The Morgan fingerprint density at radius 2 is 1.93 bits per heavy atom. The first-order valence-electron chi connectivity index (χ1n) is 8.77. The van der Waals surface area contributed by atoms with Gasteiger partial charge in [-0.15, -0.1) is 11.3 Å². The second kappa shape index (κ2) is 7.73. The summed E-state index contributed by atoms with van der Waals surface area (Å²) in [5, 5.41) is 19.5. The summed E-state index contributed by atoms with van der Waals surface area (Å²) in [6.45, 7) is 2.47. The van der Waals surface area contributed by atoms with Crippen molar-refractivity contribution in [3.8, 4) is 0 Å². The van der Waals surface area contributed by atoms with Crippen LogP contribution in [0.4, 0.5) is 17.5 Å². The number of aliphatic hydroxyl groups is 1. The number of thiophene rings is 1. The first-order chi connectivity index (χ1) is 13.2. The van der Waals surface area contributed by atoms with Gasteiger partial charge >= 0.3 is 0 Å². The normalized spacial score (nSPS) is 12.1. The van der Waals surface area contributed by atoms with Crippen LogP contribution < -0.4 is 10.6 Å². The molecule has 0 saturated carbocycles. The number of rotatable bonds is 6. The Bertz CT molecular complexity index is 1050. The van der Waals surface area contributed by atoms with Crippen molar-refractivity contribution in [1.29, 1.82) is 0 Å². The van der Waals surface area contributed by atoms with Gasteiger partial charge in [0, 0.05) is 16.0 Å². The van der Waals surface area contributed by atoms with E-state index in [2.05, 4.69) is 32.0 Å². The zero-order valence-corrected chi connectivity index (χ0v) is 15.7. The molecule has 0 radical (unpaired) electrons. The summed E-state index contributed by atoms with van der Waals surface area (Å²) in [6, 6.07) is 19.7. The van der Waals surface area contributed by atoms with Crippen molar-refractivity contribution in [2.45, 2.75) is 19.6 Å². The SMILES string of the molecule is CC(O)c1cccc(Nc2nc(NCc3cccs3)c3ccccc3n2)c1. The van der Waals surface area contributed by atoms with Gasteiger partial charge in [-0.1, -0.05) is 30.3 Å². The maximum Gasteiger partial charge on any atom is 0.229 e. The minimum Gasteiger partial charge on any atom is -0.389 e. The molecule has 0 aliphatic carbocycles. The predicted molar refractivity (Wildman–Crippen MR) is 112 cm³/mol. The Hall–Kier alpha value is -2.96. The summed E-state index contributed by atoms with van der Waals surface area (Å²) in [7, 11) is 0. The highest BCUT2D eigenvalue weighted by atomic mass is 32.1. The zero-order valence-electron chi connectivity index (χ0n) is 14.9. The van der Waals surface area contributed by atoms with Gasteiger partial charge < -0.3 is 15.7 Å². The molecule has 6 heteroatoms. The van der Waals surface area contributed by atoms with E-state index in [9.17, 15) is 5.11 Å². The predicted octanol–water partition coefficient (Wildman–Crippen LogP) is 5.10. The molecule has 4 aromatic rings. The molecular weight excluding hydrogens is 356 g/mol.